The molecule has 0 bridgehead atoms. The van der Waals surface area contributed by atoms with E-state index in [2.05, 4.69) is 10.4 Å². The number of para-hydroxylation sites is 1. The summed E-state index contributed by atoms with van der Waals surface area (Å²) in [5, 5.41) is 7.61. The Hall–Kier alpha value is -2.01. The molecular formula is C15H18ClN3O2. The van der Waals surface area contributed by atoms with Gasteiger partial charge in [-0.3, -0.25) is 9.48 Å². The lowest BCUT2D eigenvalue weighted by Gasteiger charge is -2.16. The van der Waals surface area contributed by atoms with Crippen LogP contribution >= 0.6 is 11.6 Å². The standard InChI is InChI=1S/C15H18ClN3O2/c1-9-8-10(2)19(18-9)11(3)15(20)17-13-7-5-6-12(16)14(13)21-4/h5-8,11H,1-4H3,(H,17,20). The lowest BCUT2D eigenvalue weighted by molar-refractivity contribution is -0.119. The average Bonchev–Trinajstić information content (AvgIpc) is 2.77. The molecule has 0 aliphatic carbocycles. The molecule has 0 aliphatic heterocycles. The summed E-state index contributed by atoms with van der Waals surface area (Å²) in [5.41, 5.74) is 2.36. The van der Waals surface area contributed by atoms with Gasteiger partial charge in [0.15, 0.2) is 5.75 Å². The fourth-order valence-corrected chi connectivity index (χ4v) is 2.45. The molecule has 2 rings (SSSR count). The highest BCUT2D eigenvalue weighted by Gasteiger charge is 2.19. The van der Waals surface area contributed by atoms with Crippen molar-refractivity contribution in [3.63, 3.8) is 0 Å². The quantitative estimate of drug-likeness (QED) is 0.942. The second kappa shape index (κ2) is 6.18. The number of anilines is 1. The molecule has 0 fully saturated rings. The summed E-state index contributed by atoms with van der Waals surface area (Å²) < 4.78 is 6.92. The van der Waals surface area contributed by atoms with Crippen molar-refractivity contribution in [2.75, 3.05) is 12.4 Å². The Morgan fingerprint density at radius 2 is 2.14 bits per heavy atom. The predicted molar refractivity (Wildman–Crippen MR) is 83.0 cm³/mol. The van der Waals surface area contributed by atoms with E-state index < -0.39 is 6.04 Å². The van der Waals surface area contributed by atoms with E-state index in [1.165, 1.54) is 7.11 Å². The van der Waals surface area contributed by atoms with Crippen LogP contribution in [0.2, 0.25) is 5.02 Å². The van der Waals surface area contributed by atoms with Gasteiger partial charge in [-0.15, -0.1) is 0 Å². The number of aryl methyl sites for hydroxylation is 2. The summed E-state index contributed by atoms with van der Waals surface area (Å²) in [6.07, 6.45) is 0. The van der Waals surface area contributed by atoms with Crippen LogP contribution in [0.3, 0.4) is 0 Å². The third kappa shape index (κ3) is 3.19. The highest BCUT2D eigenvalue weighted by atomic mass is 35.5. The summed E-state index contributed by atoms with van der Waals surface area (Å²) in [7, 11) is 1.52. The van der Waals surface area contributed by atoms with Crippen LogP contribution in [-0.2, 0) is 4.79 Å². The number of hydrogen-bond acceptors (Lipinski definition) is 3. The zero-order valence-electron chi connectivity index (χ0n) is 12.5. The number of halogens is 1. The first kappa shape index (κ1) is 15.4. The smallest absolute Gasteiger partial charge is 0.249 e. The molecule has 21 heavy (non-hydrogen) atoms. The van der Waals surface area contributed by atoms with Crippen molar-refractivity contribution in [2.24, 2.45) is 0 Å². The number of aromatic nitrogens is 2. The zero-order chi connectivity index (χ0) is 15.6. The predicted octanol–water partition coefficient (Wildman–Crippen LogP) is 3.36. The molecule has 0 spiro atoms. The monoisotopic (exact) mass is 307 g/mol. The number of methoxy groups -OCH3 is 1. The molecule has 1 amide bonds. The summed E-state index contributed by atoms with van der Waals surface area (Å²) in [6.45, 7) is 5.61. The number of hydrogen-bond donors (Lipinski definition) is 1. The van der Waals surface area contributed by atoms with Crippen molar-refractivity contribution < 1.29 is 9.53 Å². The first-order valence-electron chi connectivity index (χ1n) is 6.60. The van der Waals surface area contributed by atoms with Crippen LogP contribution in [0.15, 0.2) is 24.3 Å². The van der Waals surface area contributed by atoms with E-state index in [-0.39, 0.29) is 5.91 Å². The number of benzene rings is 1. The lowest BCUT2D eigenvalue weighted by Crippen LogP contribution is -2.25. The maximum atomic E-state index is 12.4. The van der Waals surface area contributed by atoms with Crippen molar-refractivity contribution in [3.05, 3.63) is 40.7 Å². The van der Waals surface area contributed by atoms with Crippen LogP contribution in [0.5, 0.6) is 5.75 Å². The number of ether oxygens (including phenoxy) is 1. The number of rotatable bonds is 4. The zero-order valence-corrected chi connectivity index (χ0v) is 13.2. The lowest BCUT2D eigenvalue weighted by atomic mass is 10.2. The molecule has 0 saturated heterocycles. The summed E-state index contributed by atoms with van der Waals surface area (Å²) in [6, 6.07) is 6.72. The Kier molecular flexibility index (Phi) is 4.53. The van der Waals surface area contributed by atoms with E-state index in [9.17, 15) is 4.79 Å². The highest BCUT2D eigenvalue weighted by molar-refractivity contribution is 6.32. The molecule has 6 heteroatoms. The van der Waals surface area contributed by atoms with Gasteiger partial charge in [0.2, 0.25) is 5.91 Å². The normalized spacial score (nSPS) is 12.0. The largest absolute Gasteiger partial charge is 0.493 e. The minimum Gasteiger partial charge on any atom is -0.493 e. The second-order valence-electron chi connectivity index (χ2n) is 4.86. The van der Waals surface area contributed by atoms with Gasteiger partial charge in [-0.2, -0.15) is 5.10 Å². The van der Waals surface area contributed by atoms with Gasteiger partial charge in [0.05, 0.1) is 23.5 Å². The molecule has 1 atom stereocenters. The second-order valence-corrected chi connectivity index (χ2v) is 5.26. The molecular weight excluding hydrogens is 290 g/mol. The van der Waals surface area contributed by atoms with Crippen LogP contribution in [-0.4, -0.2) is 22.8 Å². The van der Waals surface area contributed by atoms with Gasteiger partial charge in [-0.25, -0.2) is 0 Å². The summed E-state index contributed by atoms with van der Waals surface area (Å²) in [5.74, 6) is 0.273. The molecule has 0 aliphatic rings. The van der Waals surface area contributed by atoms with Crippen molar-refractivity contribution in [3.8, 4) is 5.75 Å². The van der Waals surface area contributed by atoms with E-state index in [0.717, 1.165) is 11.4 Å². The third-order valence-corrected chi connectivity index (χ3v) is 3.52. The Balaban J connectivity index is 2.22. The number of amides is 1. The molecule has 2 aromatic rings. The molecule has 5 nitrogen and oxygen atoms in total. The highest BCUT2D eigenvalue weighted by Crippen LogP contribution is 2.32. The van der Waals surface area contributed by atoms with Crippen molar-refractivity contribution in [1.29, 1.82) is 0 Å². The Morgan fingerprint density at radius 3 is 2.71 bits per heavy atom. The van der Waals surface area contributed by atoms with Crippen LogP contribution in [0.25, 0.3) is 0 Å². The van der Waals surface area contributed by atoms with Gasteiger partial charge in [-0.1, -0.05) is 17.7 Å². The fourth-order valence-electron chi connectivity index (χ4n) is 2.20. The SMILES string of the molecule is COc1c(Cl)cccc1NC(=O)C(C)n1nc(C)cc1C. The van der Waals surface area contributed by atoms with Crippen molar-refractivity contribution in [2.45, 2.75) is 26.8 Å². The van der Waals surface area contributed by atoms with E-state index in [4.69, 9.17) is 16.3 Å². The van der Waals surface area contributed by atoms with Gasteiger partial charge < -0.3 is 10.1 Å². The first-order chi connectivity index (χ1) is 9.93. The van der Waals surface area contributed by atoms with Crippen LogP contribution < -0.4 is 10.1 Å². The average molecular weight is 308 g/mol. The van der Waals surface area contributed by atoms with E-state index >= 15 is 0 Å². The van der Waals surface area contributed by atoms with Gasteiger partial charge in [-0.05, 0) is 39.0 Å². The van der Waals surface area contributed by atoms with E-state index in [0.29, 0.717) is 16.5 Å². The maximum absolute atomic E-state index is 12.4. The molecule has 1 aromatic heterocycles. The molecule has 1 aromatic carbocycles. The van der Waals surface area contributed by atoms with Crippen molar-refractivity contribution in [1.82, 2.24) is 9.78 Å². The molecule has 0 saturated carbocycles. The fraction of sp³-hybridized carbons (Fsp3) is 0.333. The Bertz CT molecular complexity index is 667. The van der Waals surface area contributed by atoms with Crippen LogP contribution in [0.4, 0.5) is 5.69 Å². The third-order valence-electron chi connectivity index (χ3n) is 3.22. The van der Waals surface area contributed by atoms with E-state index in [1.54, 1.807) is 29.8 Å². The minimum atomic E-state index is -0.428. The molecule has 1 heterocycles. The number of nitrogens with zero attached hydrogens (tertiary/aromatic N) is 2. The number of carbonyl (C=O) groups is 1. The minimum absolute atomic E-state index is 0.179. The maximum Gasteiger partial charge on any atom is 0.249 e. The van der Waals surface area contributed by atoms with E-state index in [1.807, 2.05) is 19.9 Å². The van der Waals surface area contributed by atoms with Crippen LogP contribution in [0.1, 0.15) is 24.4 Å². The van der Waals surface area contributed by atoms with Crippen molar-refractivity contribution >= 4 is 23.2 Å². The summed E-state index contributed by atoms with van der Waals surface area (Å²) in [4.78, 5) is 12.4. The van der Waals surface area contributed by atoms with Gasteiger partial charge in [0.25, 0.3) is 0 Å². The topological polar surface area (TPSA) is 56.1 Å². The number of nitrogens with one attached hydrogen (secondary N) is 1. The van der Waals surface area contributed by atoms with Crippen LogP contribution in [0, 0.1) is 13.8 Å². The van der Waals surface area contributed by atoms with Gasteiger partial charge >= 0.3 is 0 Å². The molecule has 0 radical (unpaired) electrons. The molecule has 1 N–H and O–H groups in total. The molecule has 112 valence electrons. The Labute approximate surface area is 128 Å². The molecule has 1 unspecified atom stereocenters. The van der Waals surface area contributed by atoms with Gasteiger partial charge in [0, 0.05) is 5.69 Å². The van der Waals surface area contributed by atoms with Gasteiger partial charge in [0.1, 0.15) is 6.04 Å². The Morgan fingerprint density at radius 1 is 1.43 bits per heavy atom. The first-order valence-corrected chi connectivity index (χ1v) is 6.98. The summed E-state index contributed by atoms with van der Waals surface area (Å²) >= 11 is 6.04. The number of carbonyl (C=O) groups excluding carboxylic acids is 1.